The van der Waals surface area contributed by atoms with E-state index >= 15 is 0 Å². The highest BCUT2D eigenvalue weighted by molar-refractivity contribution is 9.10. The minimum atomic E-state index is 0.0584. The van der Waals surface area contributed by atoms with Crippen molar-refractivity contribution in [1.29, 1.82) is 0 Å². The van der Waals surface area contributed by atoms with Crippen LogP contribution in [0.3, 0.4) is 0 Å². The molecule has 0 aliphatic heterocycles. The smallest absolute Gasteiger partial charge is 0.164 e. The van der Waals surface area contributed by atoms with Gasteiger partial charge in [0, 0.05) is 48.3 Å². The molecule has 130 valence electrons. The van der Waals surface area contributed by atoms with Crippen molar-refractivity contribution < 1.29 is 9.59 Å². The van der Waals surface area contributed by atoms with Gasteiger partial charge in [0.2, 0.25) is 0 Å². The molecule has 0 aliphatic carbocycles. The maximum absolute atomic E-state index is 12.7. The number of hydrogen-bond acceptors (Lipinski definition) is 4. The molecule has 0 radical (unpaired) electrons. The van der Waals surface area contributed by atoms with Gasteiger partial charge in [0.05, 0.1) is 4.34 Å². The average Bonchev–Trinajstić information content (AvgIpc) is 3.05. The van der Waals surface area contributed by atoms with Gasteiger partial charge in [0.25, 0.3) is 0 Å². The van der Waals surface area contributed by atoms with E-state index in [2.05, 4.69) is 15.9 Å². The zero-order chi connectivity index (χ0) is 18.1. The highest BCUT2D eigenvalue weighted by Crippen LogP contribution is 2.34. The largest absolute Gasteiger partial charge is 0.294 e. The molecule has 3 aromatic rings. The van der Waals surface area contributed by atoms with E-state index < -0.39 is 0 Å². The standard InChI is InChI=1S/C19H16BrClO2S2/c1-10-13(9-18(21)25-10)15(22)4-3-5-16(23)19-11(2)24-17-7-6-12(20)8-14(17)19/h6-9H,3-5H2,1-2H3. The number of carbonyl (C=O) groups is 2. The predicted octanol–water partition coefficient (Wildman–Crippen LogP) is 7.23. The molecule has 0 saturated heterocycles. The van der Waals surface area contributed by atoms with Gasteiger partial charge in [-0.3, -0.25) is 9.59 Å². The second-order valence-corrected chi connectivity index (χ2v) is 9.95. The molecule has 0 spiro atoms. The van der Waals surface area contributed by atoms with Crippen molar-refractivity contribution in [3.05, 3.63) is 54.0 Å². The van der Waals surface area contributed by atoms with E-state index in [1.807, 2.05) is 32.0 Å². The van der Waals surface area contributed by atoms with Crippen molar-refractivity contribution in [2.24, 2.45) is 0 Å². The number of aryl methyl sites for hydroxylation is 2. The molecule has 6 heteroatoms. The van der Waals surface area contributed by atoms with Crippen molar-refractivity contribution in [1.82, 2.24) is 0 Å². The summed E-state index contributed by atoms with van der Waals surface area (Å²) < 4.78 is 2.71. The van der Waals surface area contributed by atoms with E-state index in [9.17, 15) is 9.59 Å². The van der Waals surface area contributed by atoms with Gasteiger partial charge in [-0.1, -0.05) is 27.5 Å². The highest BCUT2D eigenvalue weighted by atomic mass is 79.9. The Morgan fingerprint density at radius 2 is 1.76 bits per heavy atom. The number of thiophene rings is 2. The molecule has 2 nitrogen and oxygen atoms in total. The first kappa shape index (κ1) is 18.8. The molecule has 2 aromatic heterocycles. The lowest BCUT2D eigenvalue weighted by molar-refractivity contribution is 0.0958. The van der Waals surface area contributed by atoms with Gasteiger partial charge in [-0.05, 0) is 44.5 Å². The van der Waals surface area contributed by atoms with Crippen LogP contribution < -0.4 is 0 Å². The third kappa shape index (κ3) is 4.05. The molecule has 0 N–H and O–H groups in total. The zero-order valence-electron chi connectivity index (χ0n) is 13.8. The molecular weight excluding hydrogens is 440 g/mol. The highest BCUT2D eigenvalue weighted by Gasteiger charge is 2.18. The molecule has 0 bridgehead atoms. The Hall–Kier alpha value is -1.01. The molecule has 0 aliphatic rings. The van der Waals surface area contributed by atoms with Crippen LogP contribution >= 0.6 is 50.2 Å². The third-order valence-electron chi connectivity index (χ3n) is 4.10. The molecule has 1 aromatic carbocycles. The van der Waals surface area contributed by atoms with Crippen LogP contribution in [0.15, 0.2) is 28.7 Å². The van der Waals surface area contributed by atoms with Crippen LogP contribution in [0.2, 0.25) is 4.34 Å². The molecule has 0 amide bonds. The Labute approximate surface area is 167 Å². The summed E-state index contributed by atoms with van der Waals surface area (Å²) in [4.78, 5) is 27.0. The molecular formula is C19H16BrClO2S2. The molecule has 0 fully saturated rings. The van der Waals surface area contributed by atoms with Crippen LogP contribution in [0.25, 0.3) is 10.1 Å². The fraction of sp³-hybridized carbons (Fsp3) is 0.263. The van der Waals surface area contributed by atoms with Crippen molar-refractivity contribution in [2.45, 2.75) is 33.1 Å². The van der Waals surface area contributed by atoms with Gasteiger partial charge in [0.15, 0.2) is 11.6 Å². The SMILES string of the molecule is Cc1sc(Cl)cc1C(=O)CCCC(=O)c1c(C)sc2ccc(Br)cc12. The number of hydrogen-bond donors (Lipinski definition) is 0. The van der Waals surface area contributed by atoms with Gasteiger partial charge in [0.1, 0.15) is 0 Å². The van der Waals surface area contributed by atoms with Crippen LogP contribution in [0.4, 0.5) is 0 Å². The second-order valence-electron chi connectivity index (χ2n) is 5.89. The quantitative estimate of drug-likeness (QED) is 0.367. The number of halogens is 2. The summed E-state index contributed by atoms with van der Waals surface area (Å²) >= 11 is 12.5. The zero-order valence-corrected chi connectivity index (χ0v) is 17.8. The Morgan fingerprint density at radius 3 is 2.44 bits per heavy atom. The molecule has 25 heavy (non-hydrogen) atoms. The van der Waals surface area contributed by atoms with Crippen LogP contribution in [-0.4, -0.2) is 11.6 Å². The Morgan fingerprint density at radius 1 is 1.04 bits per heavy atom. The molecule has 2 heterocycles. The lowest BCUT2D eigenvalue weighted by Crippen LogP contribution is -2.04. The number of carbonyl (C=O) groups excluding carboxylic acids is 2. The molecule has 0 unspecified atom stereocenters. The maximum Gasteiger partial charge on any atom is 0.164 e. The molecule has 0 saturated carbocycles. The summed E-state index contributed by atoms with van der Waals surface area (Å²) in [5, 5.41) is 0.994. The first-order chi connectivity index (χ1) is 11.9. The van der Waals surface area contributed by atoms with Crippen LogP contribution in [0, 0.1) is 13.8 Å². The van der Waals surface area contributed by atoms with E-state index in [4.69, 9.17) is 11.6 Å². The summed E-state index contributed by atoms with van der Waals surface area (Å²) in [6, 6.07) is 7.73. The van der Waals surface area contributed by atoms with Crippen molar-refractivity contribution in [2.75, 3.05) is 0 Å². The fourth-order valence-electron chi connectivity index (χ4n) is 2.93. The topological polar surface area (TPSA) is 34.1 Å². The summed E-state index contributed by atoms with van der Waals surface area (Å²) in [7, 11) is 0. The second kappa shape index (κ2) is 7.70. The number of fused-ring (bicyclic) bond motifs is 1. The minimum Gasteiger partial charge on any atom is -0.294 e. The van der Waals surface area contributed by atoms with E-state index in [0.29, 0.717) is 29.2 Å². The predicted molar refractivity (Wildman–Crippen MR) is 111 cm³/mol. The minimum absolute atomic E-state index is 0.0584. The Balaban J connectivity index is 1.69. The number of Topliss-reactive ketones (excluding diaryl/α,β-unsaturated/α-hetero) is 2. The normalized spacial score (nSPS) is 11.2. The first-order valence-corrected chi connectivity index (χ1v) is 10.7. The van der Waals surface area contributed by atoms with Gasteiger partial charge in [-0.25, -0.2) is 0 Å². The number of rotatable bonds is 6. The fourth-order valence-corrected chi connectivity index (χ4v) is 5.56. The number of ketones is 2. The van der Waals surface area contributed by atoms with Gasteiger partial charge >= 0.3 is 0 Å². The molecule has 3 rings (SSSR count). The first-order valence-electron chi connectivity index (χ1n) is 7.88. The van der Waals surface area contributed by atoms with E-state index in [-0.39, 0.29) is 11.6 Å². The van der Waals surface area contributed by atoms with Gasteiger partial charge in [-0.15, -0.1) is 22.7 Å². The lowest BCUT2D eigenvalue weighted by atomic mass is 10.00. The Kier molecular flexibility index (Phi) is 5.78. The van der Waals surface area contributed by atoms with Crippen molar-refractivity contribution in [3.8, 4) is 0 Å². The van der Waals surface area contributed by atoms with E-state index in [1.54, 1.807) is 17.4 Å². The lowest BCUT2D eigenvalue weighted by Gasteiger charge is -2.03. The van der Waals surface area contributed by atoms with Crippen molar-refractivity contribution in [3.63, 3.8) is 0 Å². The van der Waals surface area contributed by atoms with Gasteiger partial charge < -0.3 is 0 Å². The van der Waals surface area contributed by atoms with Crippen LogP contribution in [0.1, 0.15) is 49.7 Å². The number of benzene rings is 1. The van der Waals surface area contributed by atoms with Crippen molar-refractivity contribution >= 4 is 71.9 Å². The summed E-state index contributed by atoms with van der Waals surface area (Å²) in [5.41, 5.74) is 1.48. The Bertz CT molecular complexity index is 971. The van der Waals surface area contributed by atoms with Crippen LogP contribution in [0.5, 0.6) is 0 Å². The summed E-state index contributed by atoms with van der Waals surface area (Å²) in [6.07, 6.45) is 1.29. The molecule has 0 atom stereocenters. The third-order valence-corrected chi connectivity index (χ3v) is 6.86. The summed E-state index contributed by atoms with van der Waals surface area (Å²) in [6.45, 7) is 3.88. The van der Waals surface area contributed by atoms with E-state index in [0.717, 1.165) is 29.9 Å². The maximum atomic E-state index is 12.7. The van der Waals surface area contributed by atoms with Crippen LogP contribution in [-0.2, 0) is 0 Å². The average molecular weight is 456 g/mol. The summed E-state index contributed by atoms with van der Waals surface area (Å²) in [5.74, 6) is 0.165. The van der Waals surface area contributed by atoms with E-state index in [1.165, 1.54) is 11.3 Å². The monoisotopic (exact) mass is 454 g/mol. The van der Waals surface area contributed by atoms with Gasteiger partial charge in [-0.2, -0.15) is 0 Å².